The highest BCUT2D eigenvalue weighted by molar-refractivity contribution is 5.94. The van der Waals surface area contributed by atoms with Gasteiger partial charge in [0.25, 0.3) is 0 Å². The minimum atomic E-state index is -0.429. The highest BCUT2D eigenvalue weighted by Gasteiger charge is 2.36. The molecule has 1 saturated heterocycles. The lowest BCUT2D eigenvalue weighted by Crippen LogP contribution is -2.37. The van der Waals surface area contributed by atoms with Gasteiger partial charge >= 0.3 is 0 Å². The summed E-state index contributed by atoms with van der Waals surface area (Å²) in [5, 5.41) is 3.63. The van der Waals surface area contributed by atoms with Crippen molar-refractivity contribution in [2.75, 3.05) is 36.5 Å². The molecule has 6 heteroatoms. The van der Waals surface area contributed by atoms with E-state index in [0.29, 0.717) is 24.3 Å². The molecule has 2 aromatic rings. The maximum Gasteiger partial charge on any atom is 0.248 e. The van der Waals surface area contributed by atoms with Crippen molar-refractivity contribution in [2.45, 2.75) is 26.3 Å². The fraction of sp³-hybridized carbons (Fsp3) is 0.391. The fourth-order valence-corrected chi connectivity index (χ4v) is 4.37. The third-order valence-corrected chi connectivity index (χ3v) is 5.88. The van der Waals surface area contributed by atoms with Crippen LogP contribution in [0.1, 0.15) is 46.9 Å². The molecular weight excluding hydrogens is 366 g/mol. The van der Waals surface area contributed by atoms with E-state index in [-0.39, 0.29) is 11.5 Å². The molecule has 1 fully saturated rings. The SMILES string of the molecule is CC1(C)Cc2cc([C]=O)ccc2NC1c1cc(C(N)=O)cc(N2CCOCC2)c1. The summed E-state index contributed by atoms with van der Waals surface area (Å²) >= 11 is 0. The Morgan fingerprint density at radius 2 is 1.97 bits per heavy atom. The van der Waals surface area contributed by atoms with E-state index >= 15 is 0 Å². The third kappa shape index (κ3) is 3.85. The summed E-state index contributed by atoms with van der Waals surface area (Å²) in [7, 11) is 0. The van der Waals surface area contributed by atoms with Gasteiger partial charge in [0.15, 0.2) is 0 Å². The van der Waals surface area contributed by atoms with Crippen molar-refractivity contribution >= 4 is 23.6 Å². The number of fused-ring (bicyclic) bond motifs is 1. The second-order valence-corrected chi connectivity index (χ2v) is 8.49. The molecule has 2 aromatic carbocycles. The van der Waals surface area contributed by atoms with Gasteiger partial charge in [0.2, 0.25) is 12.2 Å². The predicted octanol–water partition coefficient (Wildman–Crippen LogP) is 2.82. The van der Waals surface area contributed by atoms with Gasteiger partial charge in [-0.2, -0.15) is 0 Å². The summed E-state index contributed by atoms with van der Waals surface area (Å²) in [5.41, 5.74) is 10.7. The number of carbonyl (C=O) groups is 1. The molecule has 3 N–H and O–H groups in total. The molecule has 2 heterocycles. The Balaban J connectivity index is 1.74. The number of nitrogens with zero attached hydrogens (tertiary/aromatic N) is 1. The lowest BCUT2D eigenvalue weighted by molar-refractivity contribution is 0.1000. The molecule has 151 valence electrons. The first-order valence-corrected chi connectivity index (χ1v) is 9.92. The van der Waals surface area contributed by atoms with Crippen molar-refractivity contribution in [1.29, 1.82) is 0 Å². The number of rotatable bonds is 4. The molecule has 29 heavy (non-hydrogen) atoms. The first kappa shape index (κ1) is 19.5. The van der Waals surface area contributed by atoms with Crippen molar-refractivity contribution < 1.29 is 14.3 Å². The molecule has 1 unspecified atom stereocenters. The van der Waals surface area contributed by atoms with Crippen LogP contribution in [-0.4, -0.2) is 38.5 Å². The number of amides is 1. The number of ether oxygens (including phenoxy) is 1. The molecule has 0 spiro atoms. The lowest BCUT2D eigenvalue weighted by atomic mass is 9.72. The summed E-state index contributed by atoms with van der Waals surface area (Å²) in [4.78, 5) is 25.3. The number of anilines is 2. The summed E-state index contributed by atoms with van der Waals surface area (Å²) in [6, 6.07) is 11.5. The molecule has 1 amide bonds. The van der Waals surface area contributed by atoms with Gasteiger partial charge in [-0.1, -0.05) is 13.8 Å². The zero-order chi connectivity index (χ0) is 20.6. The Morgan fingerprint density at radius 1 is 1.21 bits per heavy atom. The fourth-order valence-electron chi connectivity index (χ4n) is 4.37. The van der Waals surface area contributed by atoms with E-state index in [4.69, 9.17) is 10.5 Å². The van der Waals surface area contributed by atoms with Crippen LogP contribution in [0.15, 0.2) is 36.4 Å². The van der Waals surface area contributed by atoms with Crippen LogP contribution in [0.25, 0.3) is 0 Å². The maximum atomic E-state index is 12.0. The molecular formula is C23H26N3O3. The summed E-state index contributed by atoms with van der Waals surface area (Å²) in [5.74, 6) is -0.429. The Kier molecular flexibility index (Phi) is 5.04. The number of nitrogens with two attached hydrogens (primary N) is 1. The average Bonchev–Trinajstić information content (AvgIpc) is 2.72. The molecule has 2 aliphatic rings. The van der Waals surface area contributed by atoms with Gasteiger partial charge in [-0.05, 0) is 59.4 Å². The van der Waals surface area contributed by atoms with E-state index in [1.807, 2.05) is 30.6 Å². The van der Waals surface area contributed by atoms with Crippen LogP contribution < -0.4 is 16.0 Å². The van der Waals surface area contributed by atoms with Crippen molar-refractivity contribution in [1.82, 2.24) is 0 Å². The summed E-state index contributed by atoms with van der Waals surface area (Å²) in [6.45, 7) is 7.31. The zero-order valence-corrected chi connectivity index (χ0v) is 16.8. The van der Waals surface area contributed by atoms with E-state index in [1.54, 1.807) is 6.07 Å². The van der Waals surface area contributed by atoms with Crippen LogP contribution in [0.5, 0.6) is 0 Å². The number of nitrogens with one attached hydrogen (secondary N) is 1. The first-order valence-electron chi connectivity index (χ1n) is 9.92. The minimum Gasteiger partial charge on any atom is -0.378 e. The molecule has 2 aliphatic heterocycles. The van der Waals surface area contributed by atoms with Crippen LogP contribution in [-0.2, 0) is 16.0 Å². The van der Waals surface area contributed by atoms with E-state index in [9.17, 15) is 9.59 Å². The normalized spacial score (nSPS) is 20.5. The highest BCUT2D eigenvalue weighted by atomic mass is 16.5. The largest absolute Gasteiger partial charge is 0.378 e. The molecule has 1 radical (unpaired) electrons. The van der Waals surface area contributed by atoms with Crippen LogP contribution in [0.3, 0.4) is 0 Å². The molecule has 1 atom stereocenters. The number of benzene rings is 2. The Morgan fingerprint density at radius 3 is 2.66 bits per heavy atom. The van der Waals surface area contributed by atoms with Crippen LogP contribution in [0, 0.1) is 5.41 Å². The average molecular weight is 392 g/mol. The quantitative estimate of drug-likeness (QED) is 0.836. The van der Waals surface area contributed by atoms with Gasteiger partial charge in [0.05, 0.1) is 19.3 Å². The Bertz CT molecular complexity index is 948. The number of hydrogen-bond acceptors (Lipinski definition) is 5. The van der Waals surface area contributed by atoms with Crippen molar-refractivity contribution in [3.63, 3.8) is 0 Å². The van der Waals surface area contributed by atoms with Crippen molar-refractivity contribution in [3.8, 4) is 0 Å². The predicted molar refractivity (Wildman–Crippen MR) is 113 cm³/mol. The highest BCUT2D eigenvalue weighted by Crippen LogP contribution is 2.45. The van der Waals surface area contributed by atoms with E-state index in [2.05, 4.69) is 30.1 Å². The number of morpholine rings is 1. The number of hydrogen-bond donors (Lipinski definition) is 2. The van der Waals surface area contributed by atoms with Gasteiger partial charge < -0.3 is 20.7 Å². The Labute approximate surface area is 171 Å². The van der Waals surface area contributed by atoms with Gasteiger partial charge in [0, 0.05) is 35.6 Å². The second-order valence-electron chi connectivity index (χ2n) is 8.49. The second kappa shape index (κ2) is 7.52. The van der Waals surface area contributed by atoms with Crippen LogP contribution >= 0.6 is 0 Å². The maximum absolute atomic E-state index is 12.0. The van der Waals surface area contributed by atoms with Gasteiger partial charge in [-0.15, -0.1) is 0 Å². The Hall–Kier alpha value is -2.86. The lowest BCUT2D eigenvalue weighted by Gasteiger charge is -2.42. The molecule has 0 saturated carbocycles. The molecule has 0 aromatic heterocycles. The first-order chi connectivity index (χ1) is 13.9. The standard InChI is InChI=1S/C23H26N3O3/c1-23(2)13-18-9-15(14-27)3-4-20(18)25-21(23)16-10-17(22(24)28)12-19(11-16)26-5-7-29-8-6-26/h3-4,9-12,21,25H,5-8,13H2,1-2H3,(H2,24,28). The van der Waals surface area contributed by atoms with Crippen molar-refractivity contribution in [2.24, 2.45) is 11.1 Å². The smallest absolute Gasteiger partial charge is 0.248 e. The van der Waals surface area contributed by atoms with E-state index in [1.165, 1.54) is 0 Å². The van der Waals surface area contributed by atoms with Crippen molar-refractivity contribution in [3.05, 3.63) is 58.7 Å². The minimum absolute atomic E-state index is 0.000140. The van der Waals surface area contributed by atoms with Gasteiger partial charge in [-0.3, -0.25) is 9.59 Å². The monoisotopic (exact) mass is 392 g/mol. The number of carbonyl (C=O) groups excluding carboxylic acids is 2. The summed E-state index contributed by atoms with van der Waals surface area (Å²) in [6.07, 6.45) is 2.77. The van der Waals surface area contributed by atoms with Crippen LogP contribution in [0.2, 0.25) is 0 Å². The van der Waals surface area contributed by atoms with E-state index < -0.39 is 5.91 Å². The zero-order valence-electron chi connectivity index (χ0n) is 16.8. The van der Waals surface area contributed by atoms with Gasteiger partial charge in [-0.25, -0.2) is 0 Å². The topological polar surface area (TPSA) is 84.7 Å². The molecule has 6 nitrogen and oxygen atoms in total. The van der Waals surface area contributed by atoms with Crippen LogP contribution in [0.4, 0.5) is 11.4 Å². The third-order valence-electron chi connectivity index (χ3n) is 5.88. The molecule has 4 rings (SSSR count). The molecule has 0 bridgehead atoms. The van der Waals surface area contributed by atoms with Gasteiger partial charge in [0.1, 0.15) is 0 Å². The van der Waals surface area contributed by atoms with E-state index in [0.717, 1.165) is 42.0 Å². The summed E-state index contributed by atoms with van der Waals surface area (Å²) < 4.78 is 5.46. The molecule has 0 aliphatic carbocycles. The number of primary amides is 1.